The van der Waals surface area contributed by atoms with Crippen molar-refractivity contribution in [3.05, 3.63) is 63.0 Å². The maximum Gasteiger partial charge on any atom is 0.268 e. The molecule has 0 aliphatic rings. The Labute approximate surface area is 144 Å². The molecule has 0 unspecified atom stereocenters. The number of aromatic nitrogens is 2. The van der Waals surface area contributed by atoms with Crippen LogP contribution in [0.4, 0.5) is 0 Å². The van der Waals surface area contributed by atoms with Crippen LogP contribution in [0.15, 0.2) is 40.5 Å². The molecular weight excluding hydrogens is 320 g/mol. The van der Waals surface area contributed by atoms with E-state index in [1.54, 1.807) is 0 Å². The van der Waals surface area contributed by atoms with Gasteiger partial charge >= 0.3 is 0 Å². The fraction of sp³-hybridized carbons (Fsp3) is 0.278. The topological polar surface area (TPSA) is 72.8 Å². The molecular formula is C18H18N4OS. The average molecular weight is 338 g/mol. The molecule has 0 atom stereocenters. The van der Waals surface area contributed by atoms with Crippen LogP contribution in [0.2, 0.25) is 0 Å². The van der Waals surface area contributed by atoms with Gasteiger partial charge in [0.15, 0.2) is 0 Å². The molecule has 5 nitrogen and oxygen atoms in total. The lowest BCUT2D eigenvalue weighted by atomic mass is 10.1. The lowest BCUT2D eigenvalue weighted by Gasteiger charge is -2.21. The molecule has 0 aliphatic carbocycles. The molecule has 3 aromatic rings. The van der Waals surface area contributed by atoms with Gasteiger partial charge in [-0.3, -0.25) is 9.69 Å². The number of nitrogens with one attached hydrogen (secondary N) is 1. The monoisotopic (exact) mass is 338 g/mol. The third-order valence-electron chi connectivity index (χ3n) is 3.77. The zero-order valence-electron chi connectivity index (χ0n) is 13.5. The number of nitriles is 1. The molecule has 0 saturated carbocycles. The molecule has 0 aliphatic heterocycles. The van der Waals surface area contributed by atoms with Crippen LogP contribution in [0.5, 0.6) is 0 Å². The summed E-state index contributed by atoms with van der Waals surface area (Å²) < 4.78 is 0.674. The molecule has 122 valence electrons. The first-order valence-corrected chi connectivity index (χ1v) is 8.75. The smallest absolute Gasteiger partial charge is 0.268 e. The largest absolute Gasteiger partial charge is 0.308 e. The lowest BCUT2D eigenvalue weighted by molar-refractivity contribution is 0.251. The van der Waals surface area contributed by atoms with Crippen molar-refractivity contribution < 1.29 is 0 Å². The first kappa shape index (κ1) is 16.4. The minimum atomic E-state index is -0.0696. The number of hydrogen-bond donors (Lipinski definition) is 1. The Bertz CT molecular complexity index is 921. The highest BCUT2D eigenvalue weighted by molar-refractivity contribution is 7.17. The average Bonchev–Trinajstić information content (AvgIpc) is 3.05. The highest BCUT2D eigenvalue weighted by atomic mass is 32.1. The van der Waals surface area contributed by atoms with Crippen molar-refractivity contribution in [1.82, 2.24) is 14.9 Å². The molecule has 0 spiro atoms. The van der Waals surface area contributed by atoms with Gasteiger partial charge in [-0.2, -0.15) is 5.26 Å². The van der Waals surface area contributed by atoms with Crippen LogP contribution in [-0.2, 0) is 13.1 Å². The Kier molecular flexibility index (Phi) is 5.04. The van der Waals surface area contributed by atoms with Crippen molar-refractivity contribution in [3.63, 3.8) is 0 Å². The van der Waals surface area contributed by atoms with Crippen molar-refractivity contribution in [2.45, 2.75) is 26.4 Å². The van der Waals surface area contributed by atoms with Crippen molar-refractivity contribution in [3.8, 4) is 6.07 Å². The Morgan fingerprint density at radius 2 is 2.04 bits per heavy atom. The fourth-order valence-corrected chi connectivity index (χ4v) is 3.41. The van der Waals surface area contributed by atoms with Crippen molar-refractivity contribution in [2.24, 2.45) is 0 Å². The number of benzene rings is 1. The van der Waals surface area contributed by atoms with Crippen LogP contribution in [0.1, 0.15) is 30.3 Å². The summed E-state index contributed by atoms with van der Waals surface area (Å²) in [5.41, 5.74) is 2.49. The summed E-state index contributed by atoms with van der Waals surface area (Å²) >= 11 is 1.41. The second-order valence-corrected chi connectivity index (χ2v) is 6.58. The van der Waals surface area contributed by atoms with E-state index in [-0.39, 0.29) is 5.56 Å². The quantitative estimate of drug-likeness (QED) is 0.749. The van der Waals surface area contributed by atoms with Crippen molar-refractivity contribution in [1.29, 1.82) is 5.26 Å². The fourth-order valence-electron chi connectivity index (χ4n) is 2.68. The standard InChI is InChI=1S/C18H18N4OS/c1-2-8-22(11-14-5-3-13(10-19)4-6-14)12-16-20-15-7-9-24-17(15)18(23)21-16/h3-7,9H,2,8,11-12H2,1H3,(H,20,21,23). The number of thiophene rings is 1. The Morgan fingerprint density at radius 1 is 1.25 bits per heavy atom. The normalized spacial score (nSPS) is 11.0. The van der Waals surface area contributed by atoms with Crippen molar-refractivity contribution in [2.75, 3.05) is 6.54 Å². The molecule has 2 heterocycles. The van der Waals surface area contributed by atoms with Gasteiger partial charge in [0.1, 0.15) is 10.5 Å². The van der Waals surface area contributed by atoms with Gasteiger partial charge in [0.25, 0.3) is 5.56 Å². The van der Waals surface area contributed by atoms with Crippen molar-refractivity contribution >= 4 is 21.6 Å². The molecule has 2 aromatic heterocycles. The van der Waals surface area contributed by atoms with Gasteiger partial charge in [-0.1, -0.05) is 19.1 Å². The summed E-state index contributed by atoms with van der Waals surface area (Å²) in [5, 5.41) is 10.8. The van der Waals surface area contributed by atoms with Crippen LogP contribution in [0, 0.1) is 11.3 Å². The number of nitrogens with zero attached hydrogens (tertiary/aromatic N) is 3. The third kappa shape index (κ3) is 3.70. The van der Waals surface area contributed by atoms with E-state index in [2.05, 4.69) is 27.9 Å². The predicted molar refractivity (Wildman–Crippen MR) is 95.8 cm³/mol. The maximum atomic E-state index is 12.1. The minimum Gasteiger partial charge on any atom is -0.308 e. The summed E-state index contributed by atoms with van der Waals surface area (Å²) in [4.78, 5) is 21.8. The molecule has 6 heteroatoms. The molecule has 0 amide bonds. The number of hydrogen-bond acceptors (Lipinski definition) is 5. The van der Waals surface area contributed by atoms with E-state index in [9.17, 15) is 4.79 Å². The van der Waals surface area contributed by atoms with Crippen LogP contribution < -0.4 is 5.56 Å². The van der Waals surface area contributed by atoms with Gasteiger partial charge in [0.05, 0.1) is 23.7 Å². The Balaban J connectivity index is 1.79. The lowest BCUT2D eigenvalue weighted by Crippen LogP contribution is -2.26. The maximum absolute atomic E-state index is 12.1. The molecule has 3 rings (SSSR count). The molecule has 0 fully saturated rings. The summed E-state index contributed by atoms with van der Waals surface area (Å²) in [7, 11) is 0. The van der Waals surface area contributed by atoms with Crippen LogP contribution in [-0.4, -0.2) is 21.4 Å². The predicted octanol–water partition coefficient (Wildman–Crippen LogP) is 3.27. The number of H-pyrrole nitrogens is 1. The van der Waals surface area contributed by atoms with E-state index in [1.807, 2.05) is 35.7 Å². The SMILES string of the molecule is CCCN(Cc1ccc(C#N)cc1)Cc1nc2ccsc2c(=O)[nH]1. The van der Waals surface area contributed by atoms with E-state index in [4.69, 9.17) is 5.26 Å². The zero-order valence-corrected chi connectivity index (χ0v) is 14.3. The molecule has 1 N–H and O–H groups in total. The first-order chi connectivity index (χ1) is 11.7. The summed E-state index contributed by atoms with van der Waals surface area (Å²) in [6, 6.07) is 11.6. The number of rotatable bonds is 6. The van der Waals surface area contributed by atoms with Gasteiger partial charge in [-0.15, -0.1) is 11.3 Å². The number of fused-ring (bicyclic) bond motifs is 1. The van der Waals surface area contributed by atoms with Gasteiger partial charge in [-0.05, 0) is 42.1 Å². The van der Waals surface area contributed by atoms with Gasteiger partial charge < -0.3 is 4.98 Å². The van der Waals surface area contributed by atoms with Gasteiger partial charge in [0.2, 0.25) is 0 Å². The van der Waals surface area contributed by atoms with E-state index in [1.165, 1.54) is 11.3 Å². The second kappa shape index (κ2) is 7.39. The summed E-state index contributed by atoms with van der Waals surface area (Å²) in [5.74, 6) is 0.688. The molecule has 0 bridgehead atoms. The van der Waals surface area contributed by atoms with E-state index >= 15 is 0 Å². The molecule has 0 radical (unpaired) electrons. The van der Waals surface area contributed by atoms with Crippen LogP contribution in [0.25, 0.3) is 10.2 Å². The molecule has 1 aromatic carbocycles. The van der Waals surface area contributed by atoms with E-state index in [0.29, 0.717) is 22.6 Å². The van der Waals surface area contributed by atoms with Crippen LogP contribution in [0.3, 0.4) is 0 Å². The molecule has 0 saturated heterocycles. The Hall–Kier alpha value is -2.49. The van der Waals surface area contributed by atoms with Gasteiger partial charge in [-0.25, -0.2) is 4.98 Å². The highest BCUT2D eigenvalue weighted by Crippen LogP contribution is 2.15. The summed E-state index contributed by atoms with van der Waals surface area (Å²) in [6.45, 7) is 4.38. The highest BCUT2D eigenvalue weighted by Gasteiger charge is 2.10. The third-order valence-corrected chi connectivity index (χ3v) is 4.67. The molecule has 24 heavy (non-hydrogen) atoms. The first-order valence-electron chi connectivity index (χ1n) is 7.87. The summed E-state index contributed by atoms with van der Waals surface area (Å²) in [6.07, 6.45) is 1.02. The van der Waals surface area contributed by atoms with Crippen LogP contribution >= 0.6 is 11.3 Å². The minimum absolute atomic E-state index is 0.0696. The van der Waals surface area contributed by atoms with E-state index in [0.717, 1.165) is 30.6 Å². The van der Waals surface area contributed by atoms with Gasteiger partial charge in [0, 0.05) is 6.54 Å². The Morgan fingerprint density at radius 3 is 2.75 bits per heavy atom. The van der Waals surface area contributed by atoms with E-state index < -0.39 is 0 Å². The zero-order chi connectivity index (χ0) is 16.9. The number of aromatic amines is 1. The second-order valence-electron chi connectivity index (χ2n) is 5.67.